The third-order valence-electron chi connectivity index (χ3n) is 6.72. The largest absolute Gasteiger partial charge is 0.486 e. The van der Waals surface area contributed by atoms with Gasteiger partial charge in [-0.2, -0.15) is 13.2 Å². The highest BCUT2D eigenvalue weighted by molar-refractivity contribution is 9.11. The highest BCUT2D eigenvalue weighted by atomic mass is 79.9. The Morgan fingerprint density at radius 3 is 1.55 bits per heavy atom. The van der Waals surface area contributed by atoms with Crippen LogP contribution in [0.3, 0.4) is 0 Å². The lowest BCUT2D eigenvalue weighted by molar-refractivity contribution is -0.139. The monoisotopic (exact) mass is 908 g/mol. The molecule has 47 heavy (non-hydrogen) atoms. The van der Waals surface area contributed by atoms with E-state index >= 15 is 0 Å². The number of anilines is 2. The summed E-state index contributed by atoms with van der Waals surface area (Å²) in [5.41, 5.74) is -0.741. The highest BCUT2D eigenvalue weighted by Gasteiger charge is 2.36. The van der Waals surface area contributed by atoms with E-state index < -0.39 is 11.7 Å². The molecule has 252 valence electrons. The Labute approximate surface area is 304 Å². The zero-order chi connectivity index (χ0) is 34.0. The molecular weight excluding hydrogens is 881 g/mol. The number of nitrogens with one attached hydrogen (secondary N) is 1. The normalized spacial score (nSPS) is 16.1. The van der Waals surface area contributed by atoms with Gasteiger partial charge in [0.25, 0.3) is 0 Å². The Morgan fingerprint density at radius 2 is 1.17 bits per heavy atom. The fourth-order valence-corrected chi connectivity index (χ4v) is 5.00. The van der Waals surface area contributed by atoms with E-state index in [9.17, 15) is 13.2 Å². The number of ether oxygens (including phenoxy) is 1. The third-order valence-corrected chi connectivity index (χ3v) is 8.60. The second-order valence-electron chi connectivity index (χ2n) is 10.5. The van der Waals surface area contributed by atoms with Crippen LogP contribution in [0.4, 0.5) is 24.8 Å². The van der Waals surface area contributed by atoms with Gasteiger partial charge < -0.3 is 30.1 Å². The second kappa shape index (κ2) is 17.9. The second-order valence-corrected chi connectivity index (χ2v) is 14.0. The molecule has 6 heterocycles. The molecule has 1 aromatic carbocycles. The van der Waals surface area contributed by atoms with Crippen molar-refractivity contribution >= 4 is 75.4 Å². The van der Waals surface area contributed by atoms with E-state index in [4.69, 9.17) is 14.9 Å². The maximum atomic E-state index is 12.9. The van der Waals surface area contributed by atoms with Crippen LogP contribution in [0.15, 0.2) is 97.3 Å². The number of aromatic nitrogens is 3. The van der Waals surface area contributed by atoms with Gasteiger partial charge in [-0.1, -0.05) is 12.1 Å². The molecule has 3 aromatic heterocycles. The molecule has 0 radical (unpaired) electrons. The molecule has 0 spiro atoms. The van der Waals surface area contributed by atoms with E-state index in [-0.39, 0.29) is 24.1 Å². The SMILES string of the molecule is Brc1ccc(Br)nc1.FC(F)(F)c1ccccc1OC1CN(c2ccc(Br)cn2)C1.OC1CN(c2ccc(Br)cn2)C1.OC1CNC1. The summed E-state index contributed by atoms with van der Waals surface area (Å²) in [6, 6.07) is 16.7. The van der Waals surface area contributed by atoms with E-state index in [0.717, 1.165) is 48.8 Å². The molecule has 9 nitrogen and oxygen atoms in total. The lowest BCUT2D eigenvalue weighted by atomic mass is 10.1. The zero-order valence-corrected chi connectivity index (χ0v) is 31.0. The number of pyridine rings is 3. The molecule has 3 aliphatic heterocycles. The average molecular weight is 912 g/mol. The number of rotatable bonds is 4. The lowest BCUT2D eigenvalue weighted by Gasteiger charge is -2.40. The predicted molar refractivity (Wildman–Crippen MR) is 189 cm³/mol. The fraction of sp³-hybridized carbons (Fsp3) is 0.323. The predicted octanol–water partition coefficient (Wildman–Crippen LogP) is 6.71. The first-order valence-electron chi connectivity index (χ1n) is 14.3. The number of nitrogens with zero attached hydrogens (tertiary/aromatic N) is 5. The van der Waals surface area contributed by atoms with E-state index in [0.29, 0.717) is 26.2 Å². The number of halogens is 7. The Kier molecular flexibility index (Phi) is 14.3. The van der Waals surface area contributed by atoms with Crippen molar-refractivity contribution in [2.75, 3.05) is 49.1 Å². The van der Waals surface area contributed by atoms with Crippen molar-refractivity contribution in [3.05, 3.63) is 103 Å². The number of β-amino-alcohol motifs (C(OH)–C–C–N with tert-alkyl or cyclic N) is 2. The number of alkyl halides is 3. The molecule has 0 atom stereocenters. The first-order chi connectivity index (χ1) is 22.4. The van der Waals surface area contributed by atoms with E-state index in [2.05, 4.69) is 84.0 Å². The van der Waals surface area contributed by atoms with Gasteiger partial charge in [-0.3, -0.25) is 0 Å². The molecule has 16 heteroatoms. The topological polar surface area (TPSA) is 107 Å². The van der Waals surface area contributed by atoms with Crippen LogP contribution in [0.25, 0.3) is 0 Å². The molecule has 0 unspecified atom stereocenters. The van der Waals surface area contributed by atoms with Gasteiger partial charge in [0, 0.05) is 58.2 Å². The minimum absolute atomic E-state index is 0.0463. The zero-order valence-electron chi connectivity index (χ0n) is 24.7. The van der Waals surface area contributed by atoms with Crippen LogP contribution in [-0.4, -0.2) is 82.7 Å². The van der Waals surface area contributed by atoms with Crippen LogP contribution < -0.4 is 19.9 Å². The highest BCUT2D eigenvalue weighted by Crippen LogP contribution is 2.37. The summed E-state index contributed by atoms with van der Waals surface area (Å²) in [5, 5.41) is 20.4. The maximum absolute atomic E-state index is 12.9. The van der Waals surface area contributed by atoms with Gasteiger partial charge in [0.15, 0.2) is 0 Å². The van der Waals surface area contributed by atoms with Crippen molar-refractivity contribution in [1.82, 2.24) is 20.3 Å². The van der Waals surface area contributed by atoms with Crippen LogP contribution >= 0.6 is 63.7 Å². The average Bonchev–Trinajstić information content (AvgIpc) is 2.99. The summed E-state index contributed by atoms with van der Waals surface area (Å²) in [5.74, 6) is 1.60. The van der Waals surface area contributed by atoms with Gasteiger partial charge in [0.05, 0.1) is 30.9 Å². The number of aliphatic hydroxyl groups excluding tert-OH is 2. The summed E-state index contributed by atoms with van der Waals surface area (Å²) >= 11 is 13.1. The minimum Gasteiger partial charge on any atom is -0.486 e. The minimum atomic E-state index is -4.41. The summed E-state index contributed by atoms with van der Waals surface area (Å²) in [4.78, 5) is 16.4. The Hall–Kier alpha value is -2.34. The standard InChI is InChI=1S/C15H12BrF3N2O.C8H9BrN2O.C5H3Br2N.C3H7NO/c16-10-5-6-14(20-7-10)21-8-11(9-21)22-13-4-2-1-3-12(13)15(17,18)19;9-6-1-2-8(10-3-6)11-4-7(12)5-11;6-4-1-2-5(7)8-3-4;5-3-1-4-2-3/h1-7,11H,8-9H2;1-3,7,12H,4-5H2;1-3H;3-5H,1-2H2. The van der Waals surface area contributed by atoms with Gasteiger partial charge in [0.2, 0.25) is 0 Å². The van der Waals surface area contributed by atoms with Crippen molar-refractivity contribution < 1.29 is 28.1 Å². The van der Waals surface area contributed by atoms with E-state index in [1.165, 1.54) is 18.2 Å². The summed E-state index contributed by atoms with van der Waals surface area (Å²) in [7, 11) is 0. The Balaban J connectivity index is 0.000000166. The number of hydrogen-bond acceptors (Lipinski definition) is 9. The Morgan fingerprint density at radius 1 is 0.681 bits per heavy atom. The Bertz CT molecular complexity index is 1500. The van der Waals surface area contributed by atoms with Gasteiger partial charge >= 0.3 is 6.18 Å². The molecule has 3 aliphatic rings. The van der Waals surface area contributed by atoms with Gasteiger partial charge in [-0.15, -0.1) is 0 Å². The van der Waals surface area contributed by atoms with Crippen molar-refractivity contribution in [3.63, 3.8) is 0 Å². The van der Waals surface area contributed by atoms with Crippen LogP contribution in [-0.2, 0) is 6.18 Å². The number of hydrogen-bond donors (Lipinski definition) is 3. The van der Waals surface area contributed by atoms with Crippen molar-refractivity contribution in [1.29, 1.82) is 0 Å². The van der Waals surface area contributed by atoms with Crippen molar-refractivity contribution in [2.45, 2.75) is 24.5 Å². The number of aliphatic hydroxyl groups is 2. The van der Waals surface area contributed by atoms with Crippen molar-refractivity contribution in [2.24, 2.45) is 0 Å². The van der Waals surface area contributed by atoms with E-state index in [1.807, 2.05) is 46.2 Å². The smallest absolute Gasteiger partial charge is 0.419 e. The van der Waals surface area contributed by atoms with E-state index in [1.54, 1.807) is 18.6 Å². The molecule has 0 saturated carbocycles. The quantitative estimate of drug-likeness (QED) is 0.193. The molecule has 0 aliphatic carbocycles. The van der Waals surface area contributed by atoms with Gasteiger partial charge in [0.1, 0.15) is 28.1 Å². The first kappa shape index (κ1) is 37.5. The molecule has 3 N–H and O–H groups in total. The fourth-order valence-electron chi connectivity index (χ4n) is 4.07. The third kappa shape index (κ3) is 12.2. The van der Waals surface area contributed by atoms with Gasteiger partial charge in [-0.05, 0) is 112 Å². The first-order valence-corrected chi connectivity index (χ1v) is 17.4. The summed E-state index contributed by atoms with van der Waals surface area (Å²) in [6.07, 6.45) is 0.291. The van der Waals surface area contributed by atoms with Crippen molar-refractivity contribution in [3.8, 4) is 5.75 Å². The summed E-state index contributed by atoms with van der Waals surface area (Å²) < 4.78 is 47.9. The van der Waals surface area contributed by atoms with Crippen LogP contribution in [0.2, 0.25) is 0 Å². The molecule has 3 saturated heterocycles. The molecule has 4 aromatic rings. The molecule has 0 bridgehead atoms. The van der Waals surface area contributed by atoms with Gasteiger partial charge in [-0.25, -0.2) is 15.0 Å². The van der Waals surface area contributed by atoms with Crippen LogP contribution in [0, 0.1) is 0 Å². The van der Waals surface area contributed by atoms with Crippen LogP contribution in [0.5, 0.6) is 5.75 Å². The number of benzene rings is 1. The molecule has 0 amide bonds. The molecule has 7 rings (SSSR count). The lowest BCUT2D eigenvalue weighted by Crippen LogP contribution is -2.54. The van der Waals surface area contributed by atoms with Crippen LogP contribution in [0.1, 0.15) is 5.56 Å². The summed E-state index contributed by atoms with van der Waals surface area (Å²) in [6.45, 7) is 4.02. The molecular formula is C31H31Br4F3N6O3. The maximum Gasteiger partial charge on any atom is 0.419 e. The molecule has 3 fully saturated rings. The number of para-hydroxylation sites is 1.